The number of aromatic hydroxyl groups is 1. The van der Waals surface area contributed by atoms with E-state index in [-0.39, 0.29) is 40.9 Å². The van der Waals surface area contributed by atoms with Gasteiger partial charge in [-0.1, -0.05) is 31.2 Å². The van der Waals surface area contributed by atoms with E-state index in [1.54, 1.807) is 25.1 Å². The molecule has 3 rings (SSSR count). The van der Waals surface area contributed by atoms with Gasteiger partial charge < -0.3 is 20.3 Å². The Kier molecular flexibility index (Phi) is 12.4. The lowest BCUT2D eigenvalue weighted by Gasteiger charge is -2.12. The van der Waals surface area contributed by atoms with Gasteiger partial charge in [-0.25, -0.2) is 13.8 Å². The number of halogens is 2. The van der Waals surface area contributed by atoms with Crippen LogP contribution in [0.4, 0.5) is 8.78 Å². The van der Waals surface area contributed by atoms with E-state index in [0.29, 0.717) is 12.8 Å². The second-order valence-electron chi connectivity index (χ2n) is 7.36. The first-order valence-electron chi connectivity index (χ1n) is 10.7. The molecular weight excluding hydrogens is 458 g/mol. The summed E-state index contributed by atoms with van der Waals surface area (Å²) in [6.45, 7) is 5.45. The van der Waals surface area contributed by atoms with Crippen LogP contribution >= 0.6 is 0 Å². The van der Waals surface area contributed by atoms with E-state index >= 15 is 0 Å². The molecule has 7 nitrogen and oxygen atoms in total. The van der Waals surface area contributed by atoms with Gasteiger partial charge in [-0.2, -0.15) is 0 Å². The number of ether oxygens (including phenoxy) is 2. The highest BCUT2D eigenvalue weighted by molar-refractivity contribution is 5.94. The molecule has 3 aromatic rings. The summed E-state index contributed by atoms with van der Waals surface area (Å²) >= 11 is 0. The van der Waals surface area contributed by atoms with Gasteiger partial charge in [0.15, 0.2) is 17.2 Å². The van der Waals surface area contributed by atoms with Gasteiger partial charge in [-0.15, -0.1) is 0 Å². The first-order chi connectivity index (χ1) is 16.6. The molecular formula is C26H30F2N2O5. The molecule has 0 bridgehead atoms. The molecule has 3 N–H and O–H groups in total. The number of nitrogens with zero attached hydrogens (tertiary/aromatic N) is 1. The van der Waals surface area contributed by atoms with Crippen molar-refractivity contribution < 1.29 is 33.0 Å². The van der Waals surface area contributed by atoms with Gasteiger partial charge in [-0.3, -0.25) is 9.59 Å². The summed E-state index contributed by atoms with van der Waals surface area (Å²) in [6.07, 6.45) is 2.17. The van der Waals surface area contributed by atoms with Gasteiger partial charge >= 0.3 is 5.97 Å². The predicted molar refractivity (Wildman–Crippen MR) is 128 cm³/mol. The second kappa shape index (κ2) is 15.0. The first-order valence-corrected chi connectivity index (χ1v) is 10.7. The third-order valence-electron chi connectivity index (χ3n) is 4.38. The minimum atomic E-state index is -0.786. The number of primary amides is 1. The van der Waals surface area contributed by atoms with Crippen molar-refractivity contribution in [1.82, 2.24) is 4.98 Å². The Hall–Kier alpha value is -4.01. The van der Waals surface area contributed by atoms with Crippen molar-refractivity contribution in [3.05, 3.63) is 89.2 Å². The number of rotatable bonds is 6. The minimum absolute atomic E-state index is 0.162. The number of benzene rings is 2. The van der Waals surface area contributed by atoms with Crippen LogP contribution in [0.5, 0.6) is 11.5 Å². The van der Waals surface area contributed by atoms with E-state index in [9.17, 15) is 23.5 Å². The maximum Gasteiger partial charge on any atom is 0.305 e. The lowest BCUT2D eigenvalue weighted by molar-refractivity contribution is -0.147. The Bertz CT molecular complexity index is 1070. The van der Waals surface area contributed by atoms with E-state index in [1.165, 1.54) is 43.6 Å². The zero-order valence-corrected chi connectivity index (χ0v) is 20.1. The number of methoxy groups -OCH3 is 1. The highest BCUT2D eigenvalue weighted by atomic mass is 19.1. The normalized spacial score (nSPS) is 10.6. The molecule has 0 aliphatic carbocycles. The third-order valence-corrected chi connectivity index (χ3v) is 4.38. The summed E-state index contributed by atoms with van der Waals surface area (Å²) in [4.78, 5) is 25.2. The van der Waals surface area contributed by atoms with Crippen molar-refractivity contribution in [3.8, 4) is 11.5 Å². The predicted octanol–water partition coefficient (Wildman–Crippen LogP) is 4.74. The van der Waals surface area contributed by atoms with E-state index < -0.39 is 5.91 Å². The molecule has 0 aliphatic heterocycles. The van der Waals surface area contributed by atoms with Gasteiger partial charge in [0, 0.05) is 25.1 Å². The van der Waals surface area contributed by atoms with Crippen LogP contribution in [0.25, 0.3) is 0 Å². The molecule has 0 saturated carbocycles. The highest BCUT2D eigenvalue weighted by Crippen LogP contribution is 2.26. The standard InChI is InChI=1S/C12H15FO2.C7H7F.C7H8N2O3/c1-3-12(14)15-9(2)8-10-4-6-11(13)7-5-10;1-6-3-2-4-7(8)5-6;1-12-4-2-3-9-5(6(4)10)7(8)11/h4-7,9H,3,8H2,1-2H3;2-5H,1H3;2-3,10H,1H3,(H2,8,11). The van der Waals surface area contributed by atoms with Gasteiger partial charge in [0.2, 0.25) is 0 Å². The van der Waals surface area contributed by atoms with Gasteiger partial charge in [0.25, 0.3) is 5.91 Å². The molecule has 0 spiro atoms. The molecule has 1 atom stereocenters. The number of carbonyl (C=O) groups is 2. The largest absolute Gasteiger partial charge is 0.503 e. The molecule has 1 aromatic heterocycles. The molecule has 1 heterocycles. The lowest BCUT2D eigenvalue weighted by atomic mass is 10.1. The van der Waals surface area contributed by atoms with Crippen molar-refractivity contribution in [3.63, 3.8) is 0 Å². The average molecular weight is 489 g/mol. The number of carbonyl (C=O) groups excluding carboxylic acids is 2. The van der Waals surface area contributed by atoms with Crippen molar-refractivity contribution in [2.75, 3.05) is 7.11 Å². The number of amides is 1. The molecule has 0 aliphatic rings. The van der Waals surface area contributed by atoms with Crippen molar-refractivity contribution >= 4 is 11.9 Å². The molecule has 0 radical (unpaired) electrons. The topological polar surface area (TPSA) is 112 Å². The third kappa shape index (κ3) is 11.1. The Labute approximate surface area is 203 Å². The zero-order valence-electron chi connectivity index (χ0n) is 20.1. The number of hydrogen-bond acceptors (Lipinski definition) is 6. The van der Waals surface area contributed by atoms with Crippen LogP contribution in [0.2, 0.25) is 0 Å². The number of pyridine rings is 1. The highest BCUT2D eigenvalue weighted by Gasteiger charge is 2.12. The molecule has 1 unspecified atom stereocenters. The molecule has 0 saturated heterocycles. The summed E-state index contributed by atoms with van der Waals surface area (Å²) < 4.78 is 34.6. The molecule has 188 valence electrons. The zero-order chi connectivity index (χ0) is 26.4. The lowest BCUT2D eigenvalue weighted by Crippen LogP contribution is -2.16. The van der Waals surface area contributed by atoms with Crippen LogP contribution in [-0.2, 0) is 16.0 Å². The fourth-order valence-corrected chi connectivity index (χ4v) is 2.69. The number of aryl methyl sites for hydroxylation is 1. The number of aromatic nitrogens is 1. The summed E-state index contributed by atoms with van der Waals surface area (Å²) in [7, 11) is 1.37. The number of nitrogens with two attached hydrogens (primary N) is 1. The number of esters is 1. The van der Waals surface area contributed by atoms with Crippen LogP contribution in [0.15, 0.2) is 60.8 Å². The smallest absolute Gasteiger partial charge is 0.305 e. The van der Waals surface area contributed by atoms with E-state index in [1.807, 2.05) is 19.9 Å². The molecule has 0 fully saturated rings. The molecule has 2 aromatic carbocycles. The van der Waals surface area contributed by atoms with Crippen LogP contribution in [0.3, 0.4) is 0 Å². The number of hydrogen-bond donors (Lipinski definition) is 2. The second-order valence-corrected chi connectivity index (χ2v) is 7.36. The van der Waals surface area contributed by atoms with Crippen molar-refractivity contribution in [2.45, 2.75) is 39.7 Å². The molecule has 35 heavy (non-hydrogen) atoms. The Balaban J connectivity index is 0.000000274. The fraction of sp³-hybridized carbons (Fsp3) is 0.269. The molecule has 1 amide bonds. The van der Waals surface area contributed by atoms with Crippen LogP contribution in [0, 0.1) is 18.6 Å². The summed E-state index contributed by atoms with van der Waals surface area (Å²) in [6, 6.07) is 14.1. The van der Waals surface area contributed by atoms with Gasteiger partial charge in [0.05, 0.1) is 7.11 Å². The molecule has 9 heteroatoms. The van der Waals surface area contributed by atoms with E-state index in [4.69, 9.17) is 15.2 Å². The maximum atomic E-state index is 12.6. The Morgan fingerprint density at radius 2 is 1.74 bits per heavy atom. The fourth-order valence-electron chi connectivity index (χ4n) is 2.69. The first kappa shape index (κ1) is 29.0. The quantitative estimate of drug-likeness (QED) is 0.485. The summed E-state index contributed by atoms with van der Waals surface area (Å²) in [5.74, 6) is -1.55. The van der Waals surface area contributed by atoms with Gasteiger partial charge in [-0.05, 0) is 49.2 Å². The van der Waals surface area contributed by atoms with Gasteiger partial charge in [0.1, 0.15) is 17.7 Å². The van der Waals surface area contributed by atoms with Crippen molar-refractivity contribution in [2.24, 2.45) is 5.73 Å². The Morgan fingerprint density at radius 1 is 1.09 bits per heavy atom. The minimum Gasteiger partial charge on any atom is -0.503 e. The monoisotopic (exact) mass is 488 g/mol. The summed E-state index contributed by atoms with van der Waals surface area (Å²) in [5.41, 5.74) is 6.66. The summed E-state index contributed by atoms with van der Waals surface area (Å²) in [5, 5.41) is 9.27. The average Bonchev–Trinajstić information content (AvgIpc) is 2.81. The van der Waals surface area contributed by atoms with E-state index in [2.05, 4.69) is 4.98 Å². The van der Waals surface area contributed by atoms with Crippen LogP contribution in [0.1, 0.15) is 41.9 Å². The van der Waals surface area contributed by atoms with Crippen LogP contribution < -0.4 is 10.5 Å². The van der Waals surface area contributed by atoms with E-state index in [0.717, 1.165) is 11.1 Å². The van der Waals surface area contributed by atoms with Crippen molar-refractivity contribution in [1.29, 1.82) is 0 Å². The maximum absolute atomic E-state index is 12.6. The van der Waals surface area contributed by atoms with Crippen LogP contribution in [-0.4, -0.2) is 35.2 Å². The Morgan fingerprint density at radius 3 is 2.23 bits per heavy atom. The SMILES string of the molecule is CCC(=O)OC(C)Cc1ccc(F)cc1.COc1ccnc(C(N)=O)c1O.Cc1cccc(F)c1.